The molecule has 3 aromatic carbocycles. The summed E-state index contributed by atoms with van der Waals surface area (Å²) < 4.78 is 11.7. The summed E-state index contributed by atoms with van der Waals surface area (Å²) in [7, 11) is 2.91. The third-order valence-electron chi connectivity index (χ3n) is 4.70. The molecule has 0 saturated carbocycles. The number of thiazole rings is 1. The summed E-state index contributed by atoms with van der Waals surface area (Å²) in [4.78, 5) is 29.7. The maximum atomic E-state index is 13.4. The lowest BCUT2D eigenvalue weighted by Crippen LogP contribution is -2.25. The molecule has 1 amide bonds. The van der Waals surface area contributed by atoms with E-state index in [0.29, 0.717) is 16.3 Å². The maximum absolute atomic E-state index is 13.4. The normalized spacial score (nSPS) is 11.0. The molecular weight excluding hydrogens is 506 g/mol. The predicted molar refractivity (Wildman–Crippen MR) is 132 cm³/mol. The number of esters is 1. The minimum atomic E-state index is -0.472. The van der Waals surface area contributed by atoms with Crippen LogP contribution in [0.1, 0.15) is 26.3 Å². The molecular formula is C24H18BrN3O4S. The fourth-order valence-electron chi connectivity index (χ4n) is 2.97. The fraction of sp³-hybridized carbons (Fsp3) is 0.0833. The van der Waals surface area contributed by atoms with Gasteiger partial charge in [0.15, 0.2) is 0 Å². The molecule has 0 aliphatic carbocycles. The predicted octanol–water partition coefficient (Wildman–Crippen LogP) is 5.53. The van der Waals surface area contributed by atoms with Crippen LogP contribution in [-0.4, -0.2) is 37.3 Å². The zero-order valence-electron chi connectivity index (χ0n) is 17.7. The lowest BCUT2D eigenvalue weighted by Gasteiger charge is -2.14. The average molecular weight is 524 g/mol. The van der Waals surface area contributed by atoms with E-state index in [1.165, 1.54) is 23.5 Å². The highest BCUT2D eigenvalue weighted by atomic mass is 79.9. The van der Waals surface area contributed by atoms with Crippen molar-refractivity contribution in [2.45, 2.75) is 0 Å². The first-order valence-electron chi connectivity index (χ1n) is 9.75. The second-order valence-electron chi connectivity index (χ2n) is 6.81. The molecule has 7 nitrogen and oxygen atoms in total. The van der Waals surface area contributed by atoms with E-state index in [0.717, 1.165) is 26.0 Å². The van der Waals surface area contributed by atoms with Crippen LogP contribution in [0.4, 0.5) is 5.13 Å². The summed E-state index contributed by atoms with van der Waals surface area (Å²) in [5.74, 6) is -0.128. The first-order chi connectivity index (χ1) is 16.0. The van der Waals surface area contributed by atoms with Crippen LogP contribution in [0, 0.1) is 0 Å². The van der Waals surface area contributed by atoms with Crippen molar-refractivity contribution in [3.05, 3.63) is 87.9 Å². The Hall–Kier alpha value is -3.56. The number of halogens is 1. The topological polar surface area (TPSA) is 81.1 Å². The van der Waals surface area contributed by atoms with Gasteiger partial charge in [-0.25, -0.2) is 9.78 Å². The van der Waals surface area contributed by atoms with E-state index in [4.69, 9.17) is 9.47 Å². The number of aromatic nitrogens is 1. The number of hydrogen-bond acceptors (Lipinski definition) is 7. The third kappa shape index (κ3) is 5.10. The Morgan fingerprint density at radius 3 is 2.36 bits per heavy atom. The van der Waals surface area contributed by atoms with E-state index in [-0.39, 0.29) is 5.91 Å². The molecule has 0 unspecified atom stereocenters. The summed E-state index contributed by atoms with van der Waals surface area (Å²) in [6.45, 7) is 0. The van der Waals surface area contributed by atoms with Crippen LogP contribution in [0.15, 0.2) is 76.3 Å². The summed E-state index contributed by atoms with van der Waals surface area (Å²) in [6.07, 6.45) is 1.59. The summed E-state index contributed by atoms with van der Waals surface area (Å²) in [6, 6.07) is 19.2. The van der Waals surface area contributed by atoms with E-state index in [1.54, 1.807) is 37.6 Å². The Kier molecular flexibility index (Phi) is 6.81. The van der Waals surface area contributed by atoms with Crippen LogP contribution in [-0.2, 0) is 4.74 Å². The highest BCUT2D eigenvalue weighted by molar-refractivity contribution is 9.10. The van der Waals surface area contributed by atoms with Crippen LogP contribution >= 0.6 is 27.3 Å². The lowest BCUT2D eigenvalue weighted by atomic mass is 10.1. The van der Waals surface area contributed by atoms with Crippen LogP contribution in [0.5, 0.6) is 5.75 Å². The van der Waals surface area contributed by atoms with Crippen molar-refractivity contribution in [3.63, 3.8) is 0 Å². The van der Waals surface area contributed by atoms with E-state index in [2.05, 4.69) is 26.0 Å². The molecule has 33 heavy (non-hydrogen) atoms. The number of carbonyl (C=O) groups is 2. The molecule has 4 rings (SSSR count). The molecule has 0 bridgehead atoms. The van der Waals surface area contributed by atoms with Gasteiger partial charge < -0.3 is 9.47 Å². The molecule has 1 heterocycles. The van der Waals surface area contributed by atoms with Crippen LogP contribution < -0.4 is 9.75 Å². The van der Waals surface area contributed by atoms with Crippen LogP contribution in [0.3, 0.4) is 0 Å². The van der Waals surface area contributed by atoms with Crippen molar-refractivity contribution in [1.82, 2.24) is 4.98 Å². The van der Waals surface area contributed by atoms with Gasteiger partial charge >= 0.3 is 5.97 Å². The van der Waals surface area contributed by atoms with Crippen molar-refractivity contribution in [2.75, 3.05) is 19.2 Å². The number of methoxy groups -OCH3 is 2. The van der Waals surface area contributed by atoms with E-state index >= 15 is 0 Å². The minimum absolute atomic E-state index is 0.354. The zero-order valence-corrected chi connectivity index (χ0v) is 20.1. The van der Waals surface area contributed by atoms with Crippen molar-refractivity contribution in [2.24, 2.45) is 5.10 Å². The fourth-order valence-corrected chi connectivity index (χ4v) is 4.44. The maximum Gasteiger partial charge on any atom is 0.337 e. The standard InChI is InChI=1S/C24H18BrN3O4S/c1-31-19-10-3-15(4-11-19)14-26-28(24-27-20-12-9-18(25)13-21(20)33-24)22(29)16-5-7-17(8-6-16)23(30)32-2/h3-14H,1-2H3/b26-14+. The number of anilines is 1. The molecule has 166 valence electrons. The van der Waals surface area contributed by atoms with E-state index in [9.17, 15) is 9.59 Å². The first kappa shape index (κ1) is 22.6. The number of carbonyl (C=O) groups excluding carboxylic acids is 2. The lowest BCUT2D eigenvalue weighted by molar-refractivity contribution is 0.0600. The number of nitrogens with zero attached hydrogens (tertiary/aromatic N) is 3. The second kappa shape index (κ2) is 9.93. The Morgan fingerprint density at radius 2 is 1.70 bits per heavy atom. The Morgan fingerprint density at radius 1 is 1.00 bits per heavy atom. The number of hydrazone groups is 1. The van der Waals surface area contributed by atoms with Gasteiger partial charge in [-0.1, -0.05) is 27.3 Å². The molecule has 0 aliphatic rings. The molecule has 0 saturated heterocycles. The van der Waals surface area contributed by atoms with Gasteiger partial charge in [-0.3, -0.25) is 4.79 Å². The van der Waals surface area contributed by atoms with Gasteiger partial charge in [0.2, 0.25) is 5.13 Å². The molecule has 0 aliphatic heterocycles. The van der Waals surface area contributed by atoms with Gasteiger partial charge in [-0.05, 0) is 72.3 Å². The van der Waals surface area contributed by atoms with Crippen LogP contribution in [0.25, 0.3) is 10.2 Å². The zero-order chi connectivity index (χ0) is 23.4. The molecule has 4 aromatic rings. The SMILES string of the molecule is COC(=O)c1ccc(C(=O)N(/N=C/c2ccc(OC)cc2)c2nc3ccc(Br)cc3s2)cc1. The Balaban J connectivity index is 1.71. The second-order valence-corrected chi connectivity index (χ2v) is 8.74. The molecule has 0 spiro atoms. The van der Waals surface area contributed by atoms with E-state index < -0.39 is 5.97 Å². The Labute approximate surface area is 202 Å². The molecule has 1 aromatic heterocycles. The van der Waals surface area contributed by atoms with Crippen molar-refractivity contribution >= 4 is 60.7 Å². The van der Waals surface area contributed by atoms with Crippen molar-refractivity contribution < 1.29 is 19.1 Å². The molecule has 9 heteroatoms. The summed E-state index contributed by atoms with van der Waals surface area (Å²) in [5, 5.41) is 6.14. The largest absolute Gasteiger partial charge is 0.497 e. The number of ether oxygens (including phenoxy) is 2. The minimum Gasteiger partial charge on any atom is -0.497 e. The van der Waals surface area contributed by atoms with Gasteiger partial charge in [-0.15, -0.1) is 0 Å². The Bertz CT molecular complexity index is 1330. The van der Waals surface area contributed by atoms with Crippen molar-refractivity contribution in [3.8, 4) is 5.75 Å². The van der Waals surface area contributed by atoms with Gasteiger partial charge in [-0.2, -0.15) is 10.1 Å². The van der Waals surface area contributed by atoms with Gasteiger partial charge in [0, 0.05) is 10.0 Å². The van der Waals surface area contributed by atoms with Crippen LogP contribution in [0.2, 0.25) is 0 Å². The van der Waals surface area contributed by atoms with Gasteiger partial charge in [0.1, 0.15) is 5.75 Å². The highest BCUT2D eigenvalue weighted by Crippen LogP contribution is 2.32. The molecule has 0 fully saturated rings. The van der Waals surface area contributed by atoms with Gasteiger partial charge in [0.25, 0.3) is 5.91 Å². The molecule has 0 radical (unpaired) electrons. The molecule has 0 N–H and O–H groups in total. The monoisotopic (exact) mass is 523 g/mol. The average Bonchev–Trinajstić information content (AvgIpc) is 3.26. The number of hydrogen-bond donors (Lipinski definition) is 0. The van der Waals surface area contributed by atoms with Gasteiger partial charge in [0.05, 0.1) is 36.2 Å². The highest BCUT2D eigenvalue weighted by Gasteiger charge is 2.21. The summed E-state index contributed by atoms with van der Waals surface area (Å²) >= 11 is 4.81. The number of amides is 1. The first-order valence-corrected chi connectivity index (χ1v) is 11.4. The quantitative estimate of drug-likeness (QED) is 0.188. The smallest absolute Gasteiger partial charge is 0.337 e. The molecule has 0 atom stereocenters. The third-order valence-corrected chi connectivity index (χ3v) is 6.19. The van der Waals surface area contributed by atoms with E-state index in [1.807, 2.05) is 42.5 Å². The van der Waals surface area contributed by atoms with Crippen molar-refractivity contribution in [1.29, 1.82) is 0 Å². The number of rotatable bonds is 6. The summed E-state index contributed by atoms with van der Waals surface area (Å²) in [5.41, 5.74) is 2.26. The number of benzene rings is 3. The number of fused-ring (bicyclic) bond motifs is 1.